The van der Waals surface area contributed by atoms with Crippen molar-refractivity contribution < 1.29 is 4.39 Å². The molecule has 0 aliphatic carbocycles. The third kappa shape index (κ3) is 1.93. The van der Waals surface area contributed by atoms with Crippen molar-refractivity contribution in [1.29, 1.82) is 0 Å². The molecule has 0 saturated heterocycles. The second kappa shape index (κ2) is 3.22. The van der Waals surface area contributed by atoms with Crippen LogP contribution in [0, 0.1) is 5.82 Å². The van der Waals surface area contributed by atoms with E-state index in [1.54, 1.807) is 6.20 Å². The molecule has 1 heterocycles. The van der Waals surface area contributed by atoms with E-state index in [2.05, 4.69) is 17.6 Å². The molecular formula is C8H10FNS. The van der Waals surface area contributed by atoms with Gasteiger partial charge in [-0.15, -0.1) is 12.6 Å². The van der Waals surface area contributed by atoms with Crippen LogP contribution in [0.5, 0.6) is 0 Å². The van der Waals surface area contributed by atoms with Crippen LogP contribution in [-0.2, 0) is 0 Å². The zero-order chi connectivity index (χ0) is 8.43. The number of halogens is 1. The molecule has 60 valence electrons. The van der Waals surface area contributed by atoms with Gasteiger partial charge in [-0.1, -0.05) is 13.8 Å². The van der Waals surface area contributed by atoms with Crippen LogP contribution in [0.15, 0.2) is 17.2 Å². The SMILES string of the molecule is CC(C)c1ncc(S)cc1F. The van der Waals surface area contributed by atoms with Gasteiger partial charge in [0.05, 0.1) is 5.69 Å². The average molecular weight is 171 g/mol. The largest absolute Gasteiger partial charge is 0.257 e. The molecule has 0 bridgehead atoms. The van der Waals surface area contributed by atoms with Crippen molar-refractivity contribution in [1.82, 2.24) is 4.98 Å². The molecule has 0 aromatic carbocycles. The van der Waals surface area contributed by atoms with Crippen LogP contribution >= 0.6 is 12.6 Å². The molecule has 0 aliphatic rings. The van der Waals surface area contributed by atoms with Crippen molar-refractivity contribution in [2.45, 2.75) is 24.7 Å². The highest BCUT2D eigenvalue weighted by molar-refractivity contribution is 7.80. The first kappa shape index (κ1) is 8.53. The Balaban J connectivity index is 3.09. The summed E-state index contributed by atoms with van der Waals surface area (Å²) in [4.78, 5) is 4.49. The molecule has 0 amide bonds. The molecular weight excluding hydrogens is 161 g/mol. The van der Waals surface area contributed by atoms with E-state index in [0.717, 1.165) is 0 Å². The molecule has 11 heavy (non-hydrogen) atoms. The molecule has 1 aromatic heterocycles. The van der Waals surface area contributed by atoms with Gasteiger partial charge in [0.15, 0.2) is 0 Å². The lowest BCUT2D eigenvalue weighted by molar-refractivity contribution is 0.580. The smallest absolute Gasteiger partial charge is 0.146 e. The standard InChI is InChI=1S/C8H10FNS/c1-5(2)8-7(9)3-6(11)4-10-8/h3-5,11H,1-2H3. The maximum Gasteiger partial charge on any atom is 0.146 e. The van der Waals surface area contributed by atoms with Crippen LogP contribution in [0.3, 0.4) is 0 Å². The topological polar surface area (TPSA) is 12.9 Å². The Hall–Kier alpha value is -0.570. The maximum absolute atomic E-state index is 13.0. The van der Waals surface area contributed by atoms with Crippen molar-refractivity contribution in [2.75, 3.05) is 0 Å². The minimum atomic E-state index is -0.271. The zero-order valence-electron chi connectivity index (χ0n) is 6.50. The molecule has 0 N–H and O–H groups in total. The highest BCUT2D eigenvalue weighted by Crippen LogP contribution is 2.17. The molecule has 0 spiro atoms. The predicted molar refractivity (Wildman–Crippen MR) is 45.5 cm³/mol. The highest BCUT2D eigenvalue weighted by Gasteiger charge is 2.07. The fourth-order valence-electron chi connectivity index (χ4n) is 0.863. The fraction of sp³-hybridized carbons (Fsp3) is 0.375. The van der Waals surface area contributed by atoms with Gasteiger partial charge in [0.25, 0.3) is 0 Å². The van der Waals surface area contributed by atoms with Gasteiger partial charge < -0.3 is 0 Å². The van der Waals surface area contributed by atoms with Gasteiger partial charge in [-0.05, 0) is 12.0 Å². The van der Waals surface area contributed by atoms with E-state index < -0.39 is 0 Å². The van der Waals surface area contributed by atoms with Gasteiger partial charge in [0.2, 0.25) is 0 Å². The van der Waals surface area contributed by atoms with Crippen LogP contribution in [0.25, 0.3) is 0 Å². The molecule has 1 aromatic rings. The number of hydrogen-bond acceptors (Lipinski definition) is 2. The third-order valence-electron chi connectivity index (χ3n) is 1.40. The number of nitrogens with zero attached hydrogens (tertiary/aromatic N) is 1. The first-order valence-corrected chi connectivity index (χ1v) is 3.90. The minimum Gasteiger partial charge on any atom is -0.257 e. The number of rotatable bonds is 1. The maximum atomic E-state index is 13.0. The Morgan fingerprint density at radius 3 is 2.64 bits per heavy atom. The van der Waals surface area contributed by atoms with Crippen LogP contribution in [-0.4, -0.2) is 4.98 Å². The molecule has 1 nitrogen and oxygen atoms in total. The normalized spacial score (nSPS) is 10.6. The average Bonchev–Trinajstić information content (AvgIpc) is 1.85. The number of pyridine rings is 1. The lowest BCUT2D eigenvalue weighted by Crippen LogP contribution is -1.96. The van der Waals surface area contributed by atoms with E-state index in [1.165, 1.54) is 6.07 Å². The summed E-state index contributed by atoms with van der Waals surface area (Å²) < 4.78 is 13.0. The molecule has 0 aliphatic heterocycles. The zero-order valence-corrected chi connectivity index (χ0v) is 7.40. The highest BCUT2D eigenvalue weighted by atomic mass is 32.1. The van der Waals surface area contributed by atoms with Crippen molar-refractivity contribution in [3.63, 3.8) is 0 Å². The Kier molecular flexibility index (Phi) is 2.49. The van der Waals surface area contributed by atoms with Crippen LogP contribution < -0.4 is 0 Å². The van der Waals surface area contributed by atoms with Gasteiger partial charge >= 0.3 is 0 Å². The van der Waals surface area contributed by atoms with Crippen LogP contribution in [0.4, 0.5) is 4.39 Å². The fourth-order valence-corrected chi connectivity index (χ4v) is 1.03. The summed E-state index contributed by atoms with van der Waals surface area (Å²) in [5, 5.41) is 0. The summed E-state index contributed by atoms with van der Waals surface area (Å²) in [6.07, 6.45) is 1.56. The van der Waals surface area contributed by atoms with E-state index in [-0.39, 0.29) is 11.7 Å². The summed E-state index contributed by atoms with van der Waals surface area (Å²) in [7, 11) is 0. The Morgan fingerprint density at radius 2 is 2.18 bits per heavy atom. The summed E-state index contributed by atoms with van der Waals surface area (Å²) in [6, 6.07) is 1.38. The van der Waals surface area contributed by atoms with Crippen molar-refractivity contribution in [3.05, 3.63) is 23.8 Å². The van der Waals surface area contributed by atoms with E-state index >= 15 is 0 Å². The Bertz CT molecular complexity index is 260. The van der Waals surface area contributed by atoms with Crippen molar-refractivity contribution >= 4 is 12.6 Å². The van der Waals surface area contributed by atoms with Crippen molar-refractivity contribution in [3.8, 4) is 0 Å². The first-order chi connectivity index (χ1) is 5.11. The van der Waals surface area contributed by atoms with Crippen molar-refractivity contribution in [2.24, 2.45) is 0 Å². The third-order valence-corrected chi connectivity index (χ3v) is 1.65. The predicted octanol–water partition coefficient (Wildman–Crippen LogP) is 2.63. The van der Waals surface area contributed by atoms with E-state index in [1.807, 2.05) is 13.8 Å². The second-order valence-electron chi connectivity index (χ2n) is 2.72. The monoisotopic (exact) mass is 171 g/mol. The van der Waals surface area contributed by atoms with Gasteiger partial charge in [-0.3, -0.25) is 4.98 Å². The number of thiol groups is 1. The molecule has 0 atom stereocenters. The lowest BCUT2D eigenvalue weighted by atomic mass is 10.1. The Morgan fingerprint density at radius 1 is 1.55 bits per heavy atom. The van der Waals surface area contributed by atoms with E-state index in [4.69, 9.17) is 0 Å². The summed E-state index contributed by atoms with van der Waals surface area (Å²) in [6.45, 7) is 3.81. The number of hydrogen-bond donors (Lipinski definition) is 1. The molecule has 3 heteroatoms. The number of aromatic nitrogens is 1. The van der Waals surface area contributed by atoms with E-state index in [0.29, 0.717) is 10.6 Å². The first-order valence-electron chi connectivity index (χ1n) is 3.45. The summed E-state index contributed by atoms with van der Waals surface area (Å²) in [5.74, 6) is -0.142. The van der Waals surface area contributed by atoms with Crippen LogP contribution in [0.1, 0.15) is 25.5 Å². The van der Waals surface area contributed by atoms with Gasteiger partial charge in [-0.25, -0.2) is 4.39 Å². The minimum absolute atomic E-state index is 0.129. The molecule has 1 rings (SSSR count). The summed E-state index contributed by atoms with van der Waals surface area (Å²) in [5.41, 5.74) is 0.503. The molecule has 0 saturated carbocycles. The molecule has 0 radical (unpaired) electrons. The Labute approximate surface area is 71.1 Å². The van der Waals surface area contributed by atoms with Gasteiger partial charge in [0, 0.05) is 11.1 Å². The second-order valence-corrected chi connectivity index (χ2v) is 3.23. The van der Waals surface area contributed by atoms with Crippen LogP contribution in [0.2, 0.25) is 0 Å². The quantitative estimate of drug-likeness (QED) is 0.641. The lowest BCUT2D eigenvalue weighted by Gasteiger charge is -2.04. The molecule has 0 fully saturated rings. The molecule has 0 unspecified atom stereocenters. The van der Waals surface area contributed by atoms with E-state index in [9.17, 15) is 4.39 Å². The van der Waals surface area contributed by atoms with Gasteiger partial charge in [-0.2, -0.15) is 0 Å². The summed E-state index contributed by atoms with van der Waals surface area (Å²) >= 11 is 3.97. The van der Waals surface area contributed by atoms with Gasteiger partial charge in [0.1, 0.15) is 5.82 Å².